The van der Waals surface area contributed by atoms with E-state index in [-0.39, 0.29) is 11.7 Å². The van der Waals surface area contributed by atoms with Crippen molar-refractivity contribution in [3.05, 3.63) is 63.9 Å². The van der Waals surface area contributed by atoms with Crippen molar-refractivity contribution in [3.63, 3.8) is 0 Å². The third-order valence-electron chi connectivity index (χ3n) is 2.87. The van der Waals surface area contributed by atoms with Crippen LogP contribution in [-0.4, -0.2) is 12.5 Å². The van der Waals surface area contributed by atoms with Crippen molar-refractivity contribution in [2.75, 3.05) is 12.3 Å². The van der Waals surface area contributed by atoms with Gasteiger partial charge in [0, 0.05) is 16.7 Å². The summed E-state index contributed by atoms with van der Waals surface area (Å²) < 4.78 is 14.1. The molecule has 0 aliphatic carbocycles. The Morgan fingerprint density at radius 2 is 2.00 bits per heavy atom. The number of hydrogen-bond donors (Lipinski definition) is 2. The minimum absolute atomic E-state index is 0.236. The molecule has 0 aliphatic heterocycles. The maximum atomic E-state index is 13.4. The van der Waals surface area contributed by atoms with E-state index in [0.29, 0.717) is 34.3 Å². The quantitative estimate of drug-likeness (QED) is 0.842. The van der Waals surface area contributed by atoms with E-state index in [1.165, 1.54) is 6.07 Å². The summed E-state index contributed by atoms with van der Waals surface area (Å²) in [6.45, 7) is 0.362. The molecule has 1 amide bonds. The number of carbonyl (C=O) groups excluding carboxylic acids is 1. The predicted octanol–water partition coefficient (Wildman–Crippen LogP) is 3.14. The minimum Gasteiger partial charge on any atom is -0.399 e. The van der Waals surface area contributed by atoms with E-state index in [9.17, 15) is 9.18 Å². The molecule has 0 fully saturated rings. The number of nitrogens with two attached hydrogens (primary N) is 1. The van der Waals surface area contributed by atoms with E-state index in [1.54, 1.807) is 36.4 Å². The zero-order chi connectivity index (χ0) is 14.5. The van der Waals surface area contributed by atoms with Gasteiger partial charge in [0.2, 0.25) is 0 Å². The highest BCUT2D eigenvalue weighted by Crippen LogP contribution is 2.19. The van der Waals surface area contributed by atoms with Crippen LogP contribution in [-0.2, 0) is 6.42 Å². The summed E-state index contributed by atoms with van der Waals surface area (Å²) in [5, 5.41) is 2.75. The lowest BCUT2D eigenvalue weighted by molar-refractivity contribution is 0.0953. The molecule has 5 heteroatoms. The van der Waals surface area contributed by atoms with E-state index < -0.39 is 0 Å². The zero-order valence-corrected chi connectivity index (χ0v) is 12.3. The fraction of sp³-hybridized carbons (Fsp3) is 0.133. The first-order valence-corrected chi connectivity index (χ1v) is 6.94. The van der Waals surface area contributed by atoms with Gasteiger partial charge in [-0.3, -0.25) is 4.79 Å². The largest absolute Gasteiger partial charge is 0.399 e. The third-order valence-corrected chi connectivity index (χ3v) is 3.56. The summed E-state index contributed by atoms with van der Waals surface area (Å²) in [4.78, 5) is 12.0. The van der Waals surface area contributed by atoms with Crippen LogP contribution in [0, 0.1) is 5.82 Å². The van der Waals surface area contributed by atoms with Gasteiger partial charge >= 0.3 is 0 Å². The van der Waals surface area contributed by atoms with Crippen molar-refractivity contribution in [2.45, 2.75) is 6.42 Å². The average molecular weight is 337 g/mol. The van der Waals surface area contributed by atoms with Gasteiger partial charge in [0.25, 0.3) is 5.91 Å². The lowest BCUT2D eigenvalue weighted by Crippen LogP contribution is -2.26. The number of anilines is 1. The zero-order valence-electron chi connectivity index (χ0n) is 10.7. The first kappa shape index (κ1) is 14.5. The van der Waals surface area contributed by atoms with Crippen molar-refractivity contribution in [1.29, 1.82) is 0 Å². The van der Waals surface area contributed by atoms with E-state index >= 15 is 0 Å². The van der Waals surface area contributed by atoms with E-state index in [1.807, 2.05) is 0 Å². The molecular weight excluding hydrogens is 323 g/mol. The predicted molar refractivity (Wildman–Crippen MR) is 81.0 cm³/mol. The summed E-state index contributed by atoms with van der Waals surface area (Å²) in [6, 6.07) is 11.6. The number of benzene rings is 2. The van der Waals surface area contributed by atoms with Crippen LogP contribution in [0.1, 0.15) is 15.9 Å². The molecule has 3 N–H and O–H groups in total. The van der Waals surface area contributed by atoms with Crippen molar-refractivity contribution in [2.24, 2.45) is 0 Å². The van der Waals surface area contributed by atoms with Gasteiger partial charge in [0.05, 0.1) is 5.56 Å². The van der Waals surface area contributed by atoms with Gasteiger partial charge in [0.1, 0.15) is 5.82 Å². The Kier molecular flexibility index (Phi) is 4.74. The Labute approximate surface area is 125 Å². The highest BCUT2D eigenvalue weighted by atomic mass is 79.9. The molecule has 2 aromatic rings. The number of carbonyl (C=O) groups is 1. The van der Waals surface area contributed by atoms with Gasteiger partial charge < -0.3 is 11.1 Å². The first-order valence-electron chi connectivity index (χ1n) is 6.14. The van der Waals surface area contributed by atoms with Gasteiger partial charge in [-0.15, -0.1) is 0 Å². The second-order valence-corrected chi connectivity index (χ2v) is 5.19. The molecule has 0 saturated carbocycles. The molecule has 0 aromatic heterocycles. The third kappa shape index (κ3) is 3.57. The summed E-state index contributed by atoms with van der Waals surface area (Å²) in [5.41, 5.74) is 7.23. The van der Waals surface area contributed by atoms with E-state index in [2.05, 4.69) is 21.2 Å². The van der Waals surface area contributed by atoms with Crippen LogP contribution in [0.25, 0.3) is 0 Å². The van der Waals surface area contributed by atoms with E-state index in [4.69, 9.17) is 5.73 Å². The smallest absolute Gasteiger partial charge is 0.252 e. The highest BCUT2D eigenvalue weighted by molar-refractivity contribution is 9.10. The normalized spacial score (nSPS) is 10.3. The molecule has 0 heterocycles. The van der Waals surface area contributed by atoms with Crippen molar-refractivity contribution in [3.8, 4) is 0 Å². The Bertz CT molecular complexity index is 631. The number of nitrogens with one attached hydrogen (secondary N) is 1. The van der Waals surface area contributed by atoms with Crippen LogP contribution in [0.3, 0.4) is 0 Å². The second kappa shape index (κ2) is 6.52. The molecule has 0 bridgehead atoms. The molecule has 0 unspecified atom stereocenters. The molecule has 2 aromatic carbocycles. The van der Waals surface area contributed by atoms with Crippen molar-refractivity contribution < 1.29 is 9.18 Å². The molecular formula is C15H14BrFN2O. The SMILES string of the molecule is Nc1ccc(Br)c(C(=O)NCCc2ccccc2F)c1. The molecule has 0 aliphatic rings. The fourth-order valence-electron chi connectivity index (χ4n) is 1.82. The van der Waals surface area contributed by atoms with Gasteiger partial charge in [-0.25, -0.2) is 4.39 Å². The van der Waals surface area contributed by atoms with Crippen LogP contribution in [0.5, 0.6) is 0 Å². The Balaban J connectivity index is 1.96. The standard InChI is InChI=1S/C15H14BrFN2O/c16-13-6-5-11(18)9-12(13)15(20)19-8-7-10-3-1-2-4-14(10)17/h1-6,9H,7-8,18H2,(H,19,20). The molecule has 2 rings (SSSR count). The molecule has 0 spiro atoms. The highest BCUT2D eigenvalue weighted by Gasteiger charge is 2.10. The summed E-state index contributed by atoms with van der Waals surface area (Å²) in [5.74, 6) is -0.493. The number of nitrogen functional groups attached to an aromatic ring is 1. The lowest BCUT2D eigenvalue weighted by Gasteiger charge is -2.08. The molecule has 0 radical (unpaired) electrons. The molecule has 0 atom stereocenters. The molecule has 0 saturated heterocycles. The summed E-state index contributed by atoms with van der Waals surface area (Å²) >= 11 is 3.30. The maximum Gasteiger partial charge on any atom is 0.252 e. The lowest BCUT2D eigenvalue weighted by atomic mass is 10.1. The summed E-state index contributed by atoms with van der Waals surface area (Å²) in [7, 11) is 0. The number of hydrogen-bond acceptors (Lipinski definition) is 2. The van der Waals surface area contributed by atoms with Crippen LogP contribution in [0.4, 0.5) is 10.1 Å². The fourth-order valence-corrected chi connectivity index (χ4v) is 2.25. The molecule has 20 heavy (non-hydrogen) atoms. The van der Waals surface area contributed by atoms with E-state index in [0.717, 1.165) is 0 Å². The first-order chi connectivity index (χ1) is 9.58. The number of halogens is 2. The van der Waals surface area contributed by atoms with Crippen LogP contribution in [0.2, 0.25) is 0 Å². The number of rotatable bonds is 4. The van der Waals surface area contributed by atoms with Crippen molar-refractivity contribution in [1.82, 2.24) is 5.32 Å². The topological polar surface area (TPSA) is 55.1 Å². The van der Waals surface area contributed by atoms with Gasteiger partial charge in [-0.2, -0.15) is 0 Å². The summed E-state index contributed by atoms with van der Waals surface area (Å²) in [6.07, 6.45) is 0.443. The minimum atomic E-state index is -0.258. The molecule has 104 valence electrons. The van der Waals surface area contributed by atoms with Crippen LogP contribution >= 0.6 is 15.9 Å². The second-order valence-electron chi connectivity index (χ2n) is 4.34. The van der Waals surface area contributed by atoms with Gasteiger partial charge in [-0.1, -0.05) is 18.2 Å². The average Bonchev–Trinajstić information content (AvgIpc) is 2.43. The monoisotopic (exact) mass is 336 g/mol. The Morgan fingerprint density at radius 3 is 2.75 bits per heavy atom. The van der Waals surface area contributed by atoms with Gasteiger partial charge in [-0.05, 0) is 52.2 Å². The van der Waals surface area contributed by atoms with Crippen molar-refractivity contribution >= 4 is 27.5 Å². The molecule has 3 nitrogen and oxygen atoms in total. The maximum absolute atomic E-state index is 13.4. The number of amides is 1. The van der Waals surface area contributed by atoms with Crippen LogP contribution < -0.4 is 11.1 Å². The Hall–Kier alpha value is -1.88. The van der Waals surface area contributed by atoms with Crippen LogP contribution in [0.15, 0.2) is 46.9 Å². The van der Waals surface area contributed by atoms with Gasteiger partial charge in [0.15, 0.2) is 0 Å². The Morgan fingerprint density at radius 1 is 1.25 bits per heavy atom.